The standard InChI is InChI=1S/C24H42O7/c1-11(10-29-4)17-18-14(7-12(2)25)8-16(20(17)30-5)24(28)19-13(3)23(27,9-15(18)19)22(31-6)21(24)26/h11-22,25-28H,7-10H2,1-6H3/t11-,12+,13+,14-,15+,16-,17-,18?,19+,20+,21+,22+,23-,24+/m1/s1. The summed E-state index contributed by atoms with van der Waals surface area (Å²) < 4.78 is 17.3. The van der Waals surface area contributed by atoms with Crippen molar-refractivity contribution >= 4 is 0 Å². The molecular formula is C24H42O7. The molecule has 0 spiro atoms. The second kappa shape index (κ2) is 8.19. The number of aliphatic hydroxyl groups is 4. The number of hydrogen-bond donors (Lipinski definition) is 4. The number of methoxy groups -OCH3 is 3. The third-order valence-corrected chi connectivity index (χ3v) is 9.80. The summed E-state index contributed by atoms with van der Waals surface area (Å²) in [7, 11) is 4.90. The molecule has 31 heavy (non-hydrogen) atoms. The van der Waals surface area contributed by atoms with Crippen LogP contribution >= 0.6 is 0 Å². The summed E-state index contributed by atoms with van der Waals surface area (Å²) in [6.45, 7) is 6.56. The lowest BCUT2D eigenvalue weighted by Crippen LogP contribution is -2.71. The Morgan fingerprint density at radius 1 is 1.10 bits per heavy atom. The first-order valence-electron chi connectivity index (χ1n) is 11.9. The van der Waals surface area contributed by atoms with Gasteiger partial charge in [0.1, 0.15) is 17.8 Å². The maximum absolute atomic E-state index is 12.4. The van der Waals surface area contributed by atoms with Crippen molar-refractivity contribution in [2.75, 3.05) is 27.9 Å². The highest BCUT2D eigenvalue weighted by Crippen LogP contribution is 2.69. The predicted octanol–water partition coefficient (Wildman–Crippen LogP) is 1.06. The number of fused-ring (bicyclic) bond motifs is 3. The van der Waals surface area contributed by atoms with Crippen molar-refractivity contribution in [1.82, 2.24) is 0 Å². The molecule has 5 rings (SSSR count). The molecule has 14 atom stereocenters. The second-order valence-electron chi connectivity index (χ2n) is 11.1. The molecule has 180 valence electrons. The van der Waals surface area contributed by atoms with Crippen molar-refractivity contribution in [2.24, 2.45) is 47.3 Å². The van der Waals surface area contributed by atoms with E-state index in [1.807, 2.05) is 13.8 Å². The van der Waals surface area contributed by atoms with Crippen molar-refractivity contribution in [3.8, 4) is 0 Å². The Hall–Kier alpha value is -0.280. The van der Waals surface area contributed by atoms with Crippen molar-refractivity contribution in [2.45, 2.75) is 75.7 Å². The van der Waals surface area contributed by atoms with Gasteiger partial charge in [-0.15, -0.1) is 0 Å². The summed E-state index contributed by atoms with van der Waals surface area (Å²) in [5, 5.41) is 45.9. The van der Waals surface area contributed by atoms with Gasteiger partial charge in [0.2, 0.25) is 0 Å². The maximum atomic E-state index is 12.4. The molecule has 7 nitrogen and oxygen atoms in total. The van der Waals surface area contributed by atoms with Crippen molar-refractivity contribution in [1.29, 1.82) is 0 Å². The minimum atomic E-state index is -1.42. The fourth-order valence-corrected chi connectivity index (χ4v) is 8.97. The molecule has 0 radical (unpaired) electrons. The van der Waals surface area contributed by atoms with Crippen LogP contribution in [0.25, 0.3) is 0 Å². The van der Waals surface area contributed by atoms with Gasteiger partial charge in [0.15, 0.2) is 0 Å². The molecule has 0 heterocycles. The van der Waals surface area contributed by atoms with E-state index in [9.17, 15) is 20.4 Å². The fraction of sp³-hybridized carbons (Fsp3) is 1.00. The van der Waals surface area contributed by atoms with Crippen LogP contribution in [0.5, 0.6) is 0 Å². The van der Waals surface area contributed by atoms with Crippen molar-refractivity contribution in [3.63, 3.8) is 0 Å². The van der Waals surface area contributed by atoms with Gasteiger partial charge in [-0.3, -0.25) is 0 Å². The fourth-order valence-electron chi connectivity index (χ4n) is 8.97. The minimum Gasteiger partial charge on any atom is -0.393 e. The Morgan fingerprint density at radius 2 is 1.77 bits per heavy atom. The first kappa shape index (κ1) is 23.9. The van der Waals surface area contributed by atoms with Crippen LogP contribution in [0, 0.1) is 47.3 Å². The van der Waals surface area contributed by atoms with E-state index >= 15 is 0 Å². The lowest BCUT2D eigenvalue weighted by Gasteiger charge is -2.57. The van der Waals surface area contributed by atoms with E-state index in [-0.39, 0.29) is 53.4 Å². The van der Waals surface area contributed by atoms with Crippen LogP contribution in [0.3, 0.4) is 0 Å². The van der Waals surface area contributed by atoms with E-state index in [0.29, 0.717) is 25.9 Å². The van der Waals surface area contributed by atoms with Gasteiger partial charge in [0.25, 0.3) is 0 Å². The van der Waals surface area contributed by atoms with Crippen molar-refractivity contribution in [3.05, 3.63) is 0 Å². The Kier molecular flexibility index (Phi) is 6.30. The molecule has 5 aliphatic carbocycles. The molecule has 4 N–H and O–H groups in total. The first-order valence-corrected chi connectivity index (χ1v) is 11.9. The molecule has 0 aromatic rings. The van der Waals surface area contributed by atoms with Crippen LogP contribution in [-0.4, -0.2) is 84.0 Å². The van der Waals surface area contributed by atoms with Gasteiger partial charge in [-0.05, 0) is 67.6 Å². The van der Waals surface area contributed by atoms with E-state index in [1.54, 1.807) is 14.2 Å². The van der Waals surface area contributed by atoms with Crippen LogP contribution in [0.1, 0.15) is 40.0 Å². The quantitative estimate of drug-likeness (QED) is 0.467. The zero-order valence-electron chi connectivity index (χ0n) is 19.8. The molecule has 5 saturated carbocycles. The van der Waals surface area contributed by atoms with Crippen molar-refractivity contribution < 1.29 is 34.6 Å². The molecule has 5 fully saturated rings. The minimum absolute atomic E-state index is 0.0120. The Labute approximate surface area is 186 Å². The van der Waals surface area contributed by atoms with Gasteiger partial charge in [-0.1, -0.05) is 13.8 Å². The van der Waals surface area contributed by atoms with Gasteiger partial charge >= 0.3 is 0 Å². The molecule has 0 saturated heterocycles. The first-order chi connectivity index (χ1) is 14.6. The third kappa shape index (κ3) is 3.11. The average Bonchev–Trinajstić information content (AvgIpc) is 2.82. The Morgan fingerprint density at radius 3 is 2.32 bits per heavy atom. The smallest absolute Gasteiger partial charge is 0.115 e. The summed E-state index contributed by atoms with van der Waals surface area (Å²) in [5.74, 6) is -0.129. The SMILES string of the molecule is COC[C@@H](C)[C@@H]1C2[C@H](C[C@H](C)O)C[C@H]([C@@H]1OC)[C@]1(O)[C@@H]3[C@H]2C[C@@](O)([C@H]3C)[C@@H](OC)[C@@H]1O. The van der Waals surface area contributed by atoms with Crippen LogP contribution in [0.2, 0.25) is 0 Å². The van der Waals surface area contributed by atoms with Crippen LogP contribution in [0.4, 0.5) is 0 Å². The van der Waals surface area contributed by atoms with Crippen LogP contribution < -0.4 is 0 Å². The molecule has 0 aromatic heterocycles. The third-order valence-electron chi connectivity index (χ3n) is 9.80. The number of ether oxygens (including phenoxy) is 3. The number of aliphatic hydroxyl groups excluding tert-OH is 2. The summed E-state index contributed by atoms with van der Waals surface area (Å²) >= 11 is 0. The number of hydrogen-bond acceptors (Lipinski definition) is 7. The highest BCUT2D eigenvalue weighted by molar-refractivity contribution is 5.26. The molecule has 0 aliphatic heterocycles. The Bertz CT molecular complexity index is 658. The van der Waals surface area contributed by atoms with Gasteiger partial charge in [-0.25, -0.2) is 0 Å². The van der Waals surface area contributed by atoms with E-state index in [2.05, 4.69) is 6.92 Å². The topological polar surface area (TPSA) is 109 Å². The monoisotopic (exact) mass is 442 g/mol. The van der Waals surface area contributed by atoms with Crippen LogP contribution in [-0.2, 0) is 14.2 Å². The lowest BCUT2D eigenvalue weighted by atomic mass is 9.55. The average molecular weight is 443 g/mol. The van der Waals surface area contributed by atoms with Gasteiger partial charge in [0.05, 0.1) is 17.8 Å². The summed E-state index contributed by atoms with van der Waals surface area (Å²) in [6.07, 6.45) is -0.906. The highest BCUT2D eigenvalue weighted by Gasteiger charge is 2.77. The summed E-state index contributed by atoms with van der Waals surface area (Å²) in [4.78, 5) is 0. The molecule has 0 aromatic carbocycles. The van der Waals surface area contributed by atoms with E-state index < -0.39 is 29.5 Å². The maximum Gasteiger partial charge on any atom is 0.115 e. The largest absolute Gasteiger partial charge is 0.393 e. The van der Waals surface area contributed by atoms with E-state index in [4.69, 9.17) is 14.2 Å². The Balaban J connectivity index is 1.90. The number of rotatable bonds is 7. The molecular weight excluding hydrogens is 400 g/mol. The predicted molar refractivity (Wildman–Crippen MR) is 114 cm³/mol. The van der Waals surface area contributed by atoms with Gasteiger partial charge in [0, 0.05) is 33.9 Å². The summed E-state index contributed by atoms with van der Waals surface area (Å²) in [5.41, 5.74) is -2.60. The molecule has 7 heteroatoms. The lowest BCUT2D eigenvalue weighted by molar-refractivity contribution is -0.281. The van der Waals surface area contributed by atoms with Gasteiger partial charge in [-0.2, -0.15) is 0 Å². The summed E-state index contributed by atoms with van der Waals surface area (Å²) in [6, 6.07) is 0. The molecule has 0 amide bonds. The molecule has 1 unspecified atom stereocenters. The van der Waals surface area contributed by atoms with E-state index in [1.165, 1.54) is 7.11 Å². The van der Waals surface area contributed by atoms with Gasteiger partial charge < -0.3 is 34.6 Å². The second-order valence-corrected chi connectivity index (χ2v) is 11.1. The normalized spacial score (nSPS) is 55.2. The molecule has 5 aliphatic rings. The zero-order chi connectivity index (χ0) is 22.9. The highest BCUT2D eigenvalue weighted by atomic mass is 16.5. The van der Waals surface area contributed by atoms with E-state index in [0.717, 1.165) is 0 Å². The zero-order valence-corrected chi connectivity index (χ0v) is 19.8. The van der Waals surface area contributed by atoms with Crippen LogP contribution in [0.15, 0.2) is 0 Å². The molecule has 4 bridgehead atoms.